The third kappa shape index (κ3) is 9.00. The number of ether oxygens (including phenoxy) is 5. The van der Waals surface area contributed by atoms with Crippen LogP contribution in [0.4, 0.5) is 4.39 Å². The Hall–Kier alpha value is -4.51. The van der Waals surface area contributed by atoms with Gasteiger partial charge in [-0.2, -0.15) is 0 Å². The van der Waals surface area contributed by atoms with Gasteiger partial charge in [-0.05, 0) is 49.4 Å². The topological polar surface area (TPSA) is 122 Å². The number of carbonyl (C=O) groups excluding carboxylic acids is 3. The second kappa shape index (κ2) is 15.8. The number of nitrogens with one attached hydrogen (secondary N) is 1. The molecule has 1 amide bonds. The fourth-order valence-electron chi connectivity index (χ4n) is 5.10. The highest BCUT2D eigenvalue weighted by molar-refractivity contribution is 5.98. The maximum atomic E-state index is 13.6. The van der Waals surface area contributed by atoms with Crippen molar-refractivity contribution in [3.63, 3.8) is 0 Å². The van der Waals surface area contributed by atoms with Gasteiger partial charge in [0.2, 0.25) is 6.79 Å². The van der Waals surface area contributed by atoms with Crippen LogP contribution in [0.3, 0.4) is 0 Å². The molecule has 1 fully saturated rings. The summed E-state index contributed by atoms with van der Waals surface area (Å²) >= 11 is 0. The van der Waals surface area contributed by atoms with Crippen LogP contribution < -0.4 is 14.8 Å². The molecule has 11 heteroatoms. The summed E-state index contributed by atoms with van der Waals surface area (Å²) in [5.41, 5.74) is 1.89. The Morgan fingerprint density at radius 1 is 1.07 bits per heavy atom. The minimum atomic E-state index is -1.04. The summed E-state index contributed by atoms with van der Waals surface area (Å²) < 4.78 is 41.6. The Kier molecular flexibility index (Phi) is 11.6. The molecule has 1 saturated heterocycles. The average molecular weight is 609 g/mol. The molecule has 0 unspecified atom stereocenters. The summed E-state index contributed by atoms with van der Waals surface area (Å²) in [7, 11) is 1.39. The molecule has 0 saturated carbocycles. The Labute approximate surface area is 255 Å². The van der Waals surface area contributed by atoms with Crippen LogP contribution in [0.15, 0.2) is 66.9 Å². The molecule has 2 aromatic carbocycles. The Morgan fingerprint density at radius 3 is 2.52 bits per heavy atom. The summed E-state index contributed by atoms with van der Waals surface area (Å²) in [6.45, 7) is 2.74. The molecule has 1 N–H and O–H groups in total. The minimum absolute atomic E-state index is 0.0462. The first-order valence-corrected chi connectivity index (χ1v) is 14.5. The van der Waals surface area contributed by atoms with Crippen LogP contribution in [0.25, 0.3) is 0 Å². The summed E-state index contributed by atoms with van der Waals surface area (Å²) in [5.74, 6) is -2.31. The van der Waals surface area contributed by atoms with E-state index in [-0.39, 0.29) is 48.1 Å². The monoisotopic (exact) mass is 608 g/mol. The zero-order valence-corrected chi connectivity index (χ0v) is 25.0. The molecule has 0 radical (unpaired) electrons. The van der Waals surface area contributed by atoms with Gasteiger partial charge in [-0.1, -0.05) is 42.5 Å². The number of halogens is 1. The first kappa shape index (κ1) is 32.4. The van der Waals surface area contributed by atoms with E-state index in [0.717, 1.165) is 17.5 Å². The van der Waals surface area contributed by atoms with Crippen LogP contribution in [0, 0.1) is 11.7 Å². The van der Waals surface area contributed by atoms with E-state index in [1.807, 2.05) is 18.2 Å². The van der Waals surface area contributed by atoms with Crippen LogP contribution >= 0.6 is 0 Å². The molecule has 1 aliphatic rings. The van der Waals surface area contributed by atoms with E-state index in [4.69, 9.17) is 23.7 Å². The van der Waals surface area contributed by atoms with Crippen molar-refractivity contribution < 1.29 is 42.5 Å². The van der Waals surface area contributed by atoms with E-state index in [2.05, 4.69) is 22.4 Å². The van der Waals surface area contributed by atoms with E-state index in [0.29, 0.717) is 12.8 Å². The van der Waals surface area contributed by atoms with Gasteiger partial charge < -0.3 is 29.0 Å². The second-order valence-electron chi connectivity index (χ2n) is 10.5. The van der Waals surface area contributed by atoms with Crippen LogP contribution in [-0.4, -0.2) is 61.6 Å². The number of esters is 2. The van der Waals surface area contributed by atoms with Gasteiger partial charge in [0.05, 0.1) is 13.2 Å². The van der Waals surface area contributed by atoms with Gasteiger partial charge in [0.1, 0.15) is 18.0 Å². The lowest BCUT2D eigenvalue weighted by Crippen LogP contribution is -2.44. The number of rotatable bonds is 11. The molecule has 1 aromatic heterocycles. The zero-order valence-electron chi connectivity index (χ0n) is 25.0. The number of pyridine rings is 1. The van der Waals surface area contributed by atoms with Crippen molar-refractivity contribution in [3.8, 4) is 11.5 Å². The summed E-state index contributed by atoms with van der Waals surface area (Å²) in [4.78, 5) is 42.1. The average Bonchev–Trinajstić information content (AvgIpc) is 3.06. The van der Waals surface area contributed by atoms with E-state index >= 15 is 0 Å². The molecule has 4 atom stereocenters. The molecule has 1 aliphatic heterocycles. The van der Waals surface area contributed by atoms with Crippen molar-refractivity contribution in [2.45, 2.75) is 57.8 Å². The highest BCUT2D eigenvalue weighted by atomic mass is 19.1. The smallest absolute Gasteiger partial charge is 0.329 e. The Morgan fingerprint density at radius 2 is 1.82 bits per heavy atom. The largest absolute Gasteiger partial charge is 0.493 e. The lowest BCUT2D eigenvalue weighted by atomic mass is 9.86. The molecule has 2 heterocycles. The number of carbonyl (C=O) groups is 3. The highest BCUT2D eigenvalue weighted by Crippen LogP contribution is 2.30. The third-order valence-electron chi connectivity index (χ3n) is 7.42. The molecule has 234 valence electrons. The lowest BCUT2D eigenvalue weighted by Gasteiger charge is -2.31. The van der Waals surface area contributed by atoms with E-state index in [9.17, 15) is 18.8 Å². The molecule has 3 aromatic rings. The number of benzene rings is 2. The van der Waals surface area contributed by atoms with Gasteiger partial charge >= 0.3 is 11.9 Å². The highest BCUT2D eigenvalue weighted by Gasteiger charge is 2.35. The Bertz CT molecular complexity index is 1400. The van der Waals surface area contributed by atoms with E-state index < -0.39 is 36.8 Å². The van der Waals surface area contributed by atoms with Crippen molar-refractivity contribution in [1.82, 2.24) is 10.3 Å². The predicted molar refractivity (Wildman–Crippen MR) is 158 cm³/mol. The molecule has 0 spiro atoms. The van der Waals surface area contributed by atoms with E-state index in [1.54, 1.807) is 19.1 Å². The van der Waals surface area contributed by atoms with Gasteiger partial charge in [0.15, 0.2) is 17.2 Å². The quantitative estimate of drug-likeness (QED) is 0.249. The lowest BCUT2D eigenvalue weighted by molar-refractivity contribution is -0.154. The van der Waals surface area contributed by atoms with Gasteiger partial charge in [-0.3, -0.25) is 9.59 Å². The molecule has 10 nitrogen and oxygen atoms in total. The van der Waals surface area contributed by atoms with Gasteiger partial charge in [0.25, 0.3) is 5.91 Å². The van der Waals surface area contributed by atoms with Crippen molar-refractivity contribution in [2.75, 3.05) is 20.5 Å². The minimum Gasteiger partial charge on any atom is -0.493 e. The molecule has 0 bridgehead atoms. The van der Waals surface area contributed by atoms with Crippen LogP contribution in [0.5, 0.6) is 11.5 Å². The number of aromatic nitrogens is 1. The van der Waals surface area contributed by atoms with Gasteiger partial charge in [-0.15, -0.1) is 0 Å². The van der Waals surface area contributed by atoms with Gasteiger partial charge in [-0.25, -0.2) is 14.2 Å². The molecular formula is C33H37FN2O8. The maximum absolute atomic E-state index is 13.6. The number of methoxy groups -OCH3 is 1. The van der Waals surface area contributed by atoms with E-state index in [1.165, 1.54) is 38.4 Å². The number of amides is 1. The number of hydrogen-bond donors (Lipinski definition) is 1. The van der Waals surface area contributed by atoms with Crippen molar-refractivity contribution in [2.24, 2.45) is 5.92 Å². The normalized spacial score (nSPS) is 20.3. The maximum Gasteiger partial charge on any atom is 0.329 e. The Balaban J connectivity index is 1.52. The van der Waals surface area contributed by atoms with Crippen molar-refractivity contribution >= 4 is 17.8 Å². The SMILES string of the molecule is COc1ccnc(C(=O)N[C@H]2CCO[C@H](CCc3ccccc3)[C@@H](Cc3ccc(F)cc3)[C@H](C)OC2=O)c1OCOC(C)=O. The molecular weight excluding hydrogens is 571 g/mol. The number of nitrogens with zero attached hydrogens (tertiary/aromatic N) is 1. The summed E-state index contributed by atoms with van der Waals surface area (Å²) in [6.07, 6.45) is 2.58. The number of cyclic esters (lactones) is 1. The van der Waals surface area contributed by atoms with Crippen LogP contribution in [0.2, 0.25) is 0 Å². The van der Waals surface area contributed by atoms with Crippen LogP contribution in [-0.2, 0) is 36.6 Å². The number of aryl methyl sites for hydroxylation is 1. The first-order valence-electron chi connectivity index (χ1n) is 14.5. The third-order valence-corrected chi connectivity index (χ3v) is 7.42. The summed E-state index contributed by atoms with van der Waals surface area (Å²) in [5, 5.41) is 2.69. The summed E-state index contributed by atoms with van der Waals surface area (Å²) in [6, 6.07) is 16.7. The molecule has 44 heavy (non-hydrogen) atoms. The molecule has 0 aliphatic carbocycles. The number of hydrogen-bond acceptors (Lipinski definition) is 9. The van der Waals surface area contributed by atoms with Crippen LogP contribution in [0.1, 0.15) is 48.3 Å². The first-order chi connectivity index (χ1) is 21.2. The predicted octanol–water partition coefficient (Wildman–Crippen LogP) is 4.44. The van der Waals surface area contributed by atoms with Crippen molar-refractivity contribution in [3.05, 3.63) is 89.5 Å². The molecule has 4 rings (SSSR count). The standard InChI is InChI=1S/C33H37FN2O8/c1-21-26(19-24-9-12-25(34)13-10-24)28(14-11-23-7-5-4-6-8-23)41-18-16-27(33(39)44-21)36-32(38)30-31(43-20-42-22(2)37)29(40-3)15-17-35-30/h4-10,12-13,15,17,21,26-28H,11,14,16,18-20H2,1-3H3,(H,36,38)/t21-,26-,27-,28+/m0/s1. The second-order valence-corrected chi connectivity index (χ2v) is 10.5. The fourth-order valence-corrected chi connectivity index (χ4v) is 5.10. The van der Waals surface area contributed by atoms with Gasteiger partial charge in [0, 0.05) is 38.1 Å². The zero-order chi connectivity index (χ0) is 31.5. The van der Waals surface area contributed by atoms with Crippen molar-refractivity contribution in [1.29, 1.82) is 0 Å². The fraction of sp³-hybridized carbons (Fsp3) is 0.394.